The van der Waals surface area contributed by atoms with Crippen molar-refractivity contribution in [3.63, 3.8) is 0 Å². The van der Waals surface area contributed by atoms with Crippen LogP contribution in [0.5, 0.6) is 0 Å². The lowest BCUT2D eigenvalue weighted by molar-refractivity contribution is -0.144. The van der Waals surface area contributed by atoms with Gasteiger partial charge in [0.1, 0.15) is 5.54 Å². The van der Waals surface area contributed by atoms with Crippen molar-refractivity contribution < 1.29 is 14.7 Å². The molecule has 6 nitrogen and oxygen atoms in total. The van der Waals surface area contributed by atoms with Gasteiger partial charge >= 0.3 is 5.97 Å². The number of carbonyl (C=O) groups excluding carboxylic acids is 1. The lowest BCUT2D eigenvalue weighted by Gasteiger charge is -2.28. The molecule has 0 aromatic heterocycles. The maximum absolute atomic E-state index is 12.4. The van der Waals surface area contributed by atoms with Gasteiger partial charge in [-0.15, -0.1) is 0 Å². The summed E-state index contributed by atoms with van der Waals surface area (Å²) in [6.07, 6.45) is 1.85. The van der Waals surface area contributed by atoms with Gasteiger partial charge in [0.15, 0.2) is 0 Å². The molecule has 1 saturated carbocycles. The molecule has 1 saturated heterocycles. The maximum atomic E-state index is 12.4. The number of hydrogen-bond donors (Lipinski definition) is 4. The Kier molecular flexibility index (Phi) is 3.41. The number of nitrogens with one attached hydrogen (secondary N) is 2. The van der Waals surface area contributed by atoms with Gasteiger partial charge in [0.05, 0.1) is 17.4 Å². The average Bonchev–Trinajstić information content (AvgIpc) is 3.01. The Morgan fingerprint density at radius 1 is 1.48 bits per heavy atom. The van der Waals surface area contributed by atoms with Crippen molar-refractivity contribution in [2.24, 2.45) is 5.92 Å². The fourth-order valence-electron chi connectivity index (χ4n) is 3.31. The predicted molar refractivity (Wildman–Crippen MR) is 81.8 cm³/mol. The minimum absolute atomic E-state index is 0.0674. The number of benzene rings is 1. The van der Waals surface area contributed by atoms with Crippen LogP contribution in [0.3, 0.4) is 0 Å². The van der Waals surface area contributed by atoms with Gasteiger partial charge in [-0.1, -0.05) is 15.9 Å². The molecule has 0 spiro atoms. The first-order chi connectivity index (χ1) is 9.91. The number of hydrogen-bond acceptors (Lipinski definition) is 4. The monoisotopic (exact) mass is 353 g/mol. The van der Waals surface area contributed by atoms with E-state index >= 15 is 0 Å². The first-order valence-electron chi connectivity index (χ1n) is 6.78. The molecule has 5 N–H and O–H groups in total. The quantitative estimate of drug-likeness (QED) is 0.617. The van der Waals surface area contributed by atoms with E-state index in [-0.39, 0.29) is 11.8 Å². The fraction of sp³-hybridized carbons (Fsp3) is 0.429. The zero-order chi connectivity index (χ0) is 15.2. The molecule has 7 heteroatoms. The van der Waals surface area contributed by atoms with Crippen LogP contribution >= 0.6 is 15.9 Å². The van der Waals surface area contributed by atoms with Crippen molar-refractivity contribution in [1.29, 1.82) is 0 Å². The molecular weight excluding hydrogens is 338 g/mol. The standard InChI is InChI=1S/C14H16BrN3O3/c15-8-1-2-10(9(16)5-8)17-12(19)11-7-3-4-14(6-7,18-11)13(20)21/h1-2,5,7,11,18H,3-4,6,16H2,(H,17,19)(H,20,21). The van der Waals surface area contributed by atoms with Crippen molar-refractivity contribution in [2.45, 2.75) is 30.8 Å². The Hall–Kier alpha value is -1.60. The molecule has 1 amide bonds. The van der Waals surface area contributed by atoms with E-state index in [1.807, 2.05) is 0 Å². The summed E-state index contributed by atoms with van der Waals surface area (Å²) in [4.78, 5) is 23.8. The molecule has 3 rings (SSSR count). The van der Waals surface area contributed by atoms with E-state index in [1.165, 1.54) is 0 Å². The second kappa shape index (κ2) is 4.99. The Balaban J connectivity index is 1.74. The van der Waals surface area contributed by atoms with E-state index in [4.69, 9.17) is 5.73 Å². The second-order valence-corrected chi connectivity index (χ2v) is 6.65. The number of aliphatic carboxylic acids is 1. The van der Waals surface area contributed by atoms with Crippen LogP contribution in [0, 0.1) is 5.92 Å². The minimum atomic E-state index is -0.933. The van der Waals surface area contributed by atoms with Gasteiger partial charge in [-0.3, -0.25) is 14.9 Å². The van der Waals surface area contributed by atoms with E-state index in [9.17, 15) is 14.7 Å². The molecule has 21 heavy (non-hydrogen) atoms. The van der Waals surface area contributed by atoms with Gasteiger partial charge in [0.25, 0.3) is 0 Å². The van der Waals surface area contributed by atoms with Gasteiger partial charge < -0.3 is 16.2 Å². The average molecular weight is 354 g/mol. The number of rotatable bonds is 3. The van der Waals surface area contributed by atoms with E-state index in [1.54, 1.807) is 18.2 Å². The Morgan fingerprint density at radius 2 is 2.24 bits per heavy atom. The van der Waals surface area contributed by atoms with Gasteiger partial charge in [-0.05, 0) is 43.4 Å². The lowest BCUT2D eigenvalue weighted by Crippen LogP contribution is -2.54. The normalized spacial score (nSPS) is 30.3. The Bertz CT molecular complexity index is 621. The number of carboxylic acids is 1. The van der Waals surface area contributed by atoms with Gasteiger partial charge in [0, 0.05) is 4.47 Å². The van der Waals surface area contributed by atoms with E-state index in [0.29, 0.717) is 24.2 Å². The zero-order valence-electron chi connectivity index (χ0n) is 11.2. The molecule has 2 aliphatic rings. The highest BCUT2D eigenvalue weighted by Gasteiger charge is 2.56. The van der Waals surface area contributed by atoms with Crippen molar-refractivity contribution in [1.82, 2.24) is 5.32 Å². The minimum Gasteiger partial charge on any atom is -0.480 e. The third-order valence-electron chi connectivity index (χ3n) is 4.42. The second-order valence-electron chi connectivity index (χ2n) is 5.73. The third-order valence-corrected chi connectivity index (χ3v) is 4.91. The number of nitrogen functional groups attached to an aromatic ring is 1. The molecule has 112 valence electrons. The number of piperidine rings is 1. The fourth-order valence-corrected chi connectivity index (χ4v) is 3.69. The van der Waals surface area contributed by atoms with Crippen LogP contribution in [0.4, 0.5) is 11.4 Å². The van der Waals surface area contributed by atoms with Crippen molar-refractivity contribution in [3.05, 3.63) is 22.7 Å². The van der Waals surface area contributed by atoms with Crippen LogP contribution in [0.15, 0.2) is 22.7 Å². The maximum Gasteiger partial charge on any atom is 0.323 e. The third kappa shape index (κ3) is 2.40. The van der Waals surface area contributed by atoms with Crippen molar-refractivity contribution in [2.75, 3.05) is 11.1 Å². The zero-order valence-corrected chi connectivity index (χ0v) is 12.8. The van der Waals surface area contributed by atoms with E-state index < -0.39 is 17.6 Å². The summed E-state index contributed by atoms with van der Waals surface area (Å²) in [5.74, 6) is -1.03. The Morgan fingerprint density at radius 3 is 2.86 bits per heavy atom. The molecule has 1 aliphatic carbocycles. The van der Waals surface area contributed by atoms with Gasteiger partial charge in [-0.25, -0.2) is 0 Å². The van der Waals surface area contributed by atoms with Crippen LogP contribution < -0.4 is 16.4 Å². The van der Waals surface area contributed by atoms with Gasteiger partial charge in [-0.2, -0.15) is 0 Å². The number of carboxylic acid groups (broad SMARTS) is 1. The topological polar surface area (TPSA) is 104 Å². The van der Waals surface area contributed by atoms with Crippen LogP contribution in [0.25, 0.3) is 0 Å². The summed E-state index contributed by atoms with van der Waals surface area (Å²) in [5, 5.41) is 15.1. The number of halogens is 1. The number of fused-ring (bicyclic) bond motifs is 2. The van der Waals surface area contributed by atoms with Crippen LogP contribution in [-0.2, 0) is 9.59 Å². The van der Waals surface area contributed by atoms with Crippen LogP contribution in [0.2, 0.25) is 0 Å². The van der Waals surface area contributed by atoms with Crippen LogP contribution in [-0.4, -0.2) is 28.6 Å². The Labute approximate surface area is 130 Å². The summed E-state index contributed by atoms with van der Waals surface area (Å²) in [6, 6.07) is 4.75. The summed E-state index contributed by atoms with van der Waals surface area (Å²) >= 11 is 3.31. The van der Waals surface area contributed by atoms with Crippen molar-refractivity contribution >= 4 is 39.2 Å². The molecule has 2 fully saturated rings. The number of anilines is 2. The number of carbonyl (C=O) groups is 2. The molecule has 1 aliphatic heterocycles. The molecule has 1 aromatic carbocycles. The highest BCUT2D eigenvalue weighted by atomic mass is 79.9. The number of nitrogens with two attached hydrogens (primary N) is 1. The smallest absolute Gasteiger partial charge is 0.323 e. The molecule has 3 unspecified atom stereocenters. The molecule has 2 bridgehead atoms. The van der Waals surface area contributed by atoms with Crippen molar-refractivity contribution in [3.8, 4) is 0 Å². The van der Waals surface area contributed by atoms with E-state index in [2.05, 4.69) is 26.6 Å². The predicted octanol–water partition coefficient (Wildman–Crippen LogP) is 1.57. The van der Waals surface area contributed by atoms with E-state index in [0.717, 1.165) is 10.9 Å². The largest absolute Gasteiger partial charge is 0.480 e. The molecule has 1 aromatic rings. The number of amides is 1. The summed E-state index contributed by atoms with van der Waals surface area (Å²) in [5.41, 5.74) is 5.93. The highest BCUT2D eigenvalue weighted by molar-refractivity contribution is 9.10. The summed E-state index contributed by atoms with van der Waals surface area (Å²) < 4.78 is 0.834. The van der Waals surface area contributed by atoms with Gasteiger partial charge in [0.2, 0.25) is 5.91 Å². The summed E-state index contributed by atoms with van der Waals surface area (Å²) in [6.45, 7) is 0. The van der Waals surface area contributed by atoms with Crippen LogP contribution in [0.1, 0.15) is 19.3 Å². The SMILES string of the molecule is Nc1cc(Br)ccc1NC(=O)C1NC2(C(=O)O)CCC1C2. The lowest BCUT2D eigenvalue weighted by atomic mass is 9.98. The molecular formula is C14H16BrN3O3. The first-order valence-corrected chi connectivity index (χ1v) is 7.57. The molecule has 1 heterocycles. The first kappa shape index (κ1) is 14.3. The molecule has 3 atom stereocenters. The summed E-state index contributed by atoms with van der Waals surface area (Å²) in [7, 11) is 0. The molecule has 0 radical (unpaired) electrons. The highest BCUT2D eigenvalue weighted by Crippen LogP contribution is 2.43.